The fourth-order valence-electron chi connectivity index (χ4n) is 2.97. The average Bonchev–Trinajstić information content (AvgIpc) is 3.03. The van der Waals surface area contributed by atoms with E-state index >= 15 is 0 Å². The molecular formula is C19H18ClN5O2S. The number of nitrogens with zero attached hydrogens (tertiary/aromatic N) is 3. The number of hydrogen-bond acceptors (Lipinski definition) is 5. The number of fused-ring (bicyclic) bond motifs is 1. The van der Waals surface area contributed by atoms with Gasteiger partial charge in [0.25, 0.3) is 16.0 Å². The highest BCUT2D eigenvalue weighted by Crippen LogP contribution is 2.30. The van der Waals surface area contributed by atoms with Crippen molar-refractivity contribution < 1.29 is 8.42 Å². The van der Waals surface area contributed by atoms with Crippen molar-refractivity contribution in [3.8, 4) is 0 Å². The van der Waals surface area contributed by atoms with Crippen molar-refractivity contribution in [2.75, 3.05) is 10.0 Å². The van der Waals surface area contributed by atoms with Gasteiger partial charge >= 0.3 is 0 Å². The summed E-state index contributed by atoms with van der Waals surface area (Å²) in [6, 6.07) is 13.8. The number of hydrogen-bond donors (Lipinski definition) is 2. The smallest absolute Gasteiger partial charge is 0.264 e. The largest absolute Gasteiger partial charge is 0.329 e. The first kappa shape index (κ1) is 18.5. The lowest BCUT2D eigenvalue weighted by atomic mass is 10.1. The normalized spacial score (nSPS) is 16.1. The number of anilines is 2. The van der Waals surface area contributed by atoms with Gasteiger partial charge < -0.3 is 5.32 Å². The average molecular weight is 416 g/mol. The minimum Gasteiger partial charge on any atom is -0.329 e. The molecule has 0 bridgehead atoms. The lowest BCUT2D eigenvalue weighted by Gasteiger charge is -2.22. The van der Waals surface area contributed by atoms with Gasteiger partial charge in [0.2, 0.25) is 5.95 Å². The topological polar surface area (TPSA) is 88.9 Å². The molecule has 0 unspecified atom stereocenters. The van der Waals surface area contributed by atoms with Gasteiger partial charge in [-0.3, -0.25) is 0 Å². The van der Waals surface area contributed by atoms with Gasteiger partial charge in [0.15, 0.2) is 0 Å². The van der Waals surface area contributed by atoms with Crippen LogP contribution in [0.15, 0.2) is 65.2 Å². The highest BCUT2D eigenvalue weighted by atomic mass is 35.5. The Balaban J connectivity index is 1.67. The highest BCUT2D eigenvalue weighted by Gasteiger charge is 2.25. The predicted octanol–water partition coefficient (Wildman–Crippen LogP) is 3.96. The molecule has 0 saturated carbocycles. The number of halogens is 1. The van der Waals surface area contributed by atoms with E-state index in [1.54, 1.807) is 41.1 Å². The lowest BCUT2D eigenvalue weighted by molar-refractivity contribution is 0.597. The van der Waals surface area contributed by atoms with Crippen LogP contribution < -0.4 is 10.0 Å². The maximum absolute atomic E-state index is 12.6. The number of allylic oxidation sites excluding steroid dienone is 2. The summed E-state index contributed by atoms with van der Waals surface area (Å²) in [7, 11) is -3.78. The lowest BCUT2D eigenvalue weighted by Crippen LogP contribution is -2.19. The summed E-state index contributed by atoms with van der Waals surface area (Å²) in [5.74, 6) is 0.465. The van der Waals surface area contributed by atoms with E-state index in [-0.39, 0.29) is 16.9 Å². The van der Waals surface area contributed by atoms with E-state index in [4.69, 9.17) is 11.6 Å². The zero-order valence-electron chi connectivity index (χ0n) is 15.2. The molecule has 7 nitrogen and oxygen atoms in total. The monoisotopic (exact) mass is 415 g/mol. The van der Waals surface area contributed by atoms with E-state index in [0.717, 1.165) is 16.8 Å². The Morgan fingerprint density at radius 1 is 1.07 bits per heavy atom. The number of sulfonamides is 1. The summed E-state index contributed by atoms with van der Waals surface area (Å²) >= 11 is 5.98. The van der Waals surface area contributed by atoms with Crippen LogP contribution in [-0.4, -0.2) is 23.2 Å². The third-order valence-corrected chi connectivity index (χ3v) is 5.98. The number of aromatic nitrogens is 3. The number of nitrogens with one attached hydrogen (secondary N) is 2. The van der Waals surface area contributed by atoms with Crippen LogP contribution in [0.5, 0.6) is 0 Å². The Bertz CT molecular complexity index is 1150. The van der Waals surface area contributed by atoms with E-state index in [9.17, 15) is 8.42 Å². The summed E-state index contributed by atoms with van der Waals surface area (Å²) in [5, 5.41) is 8.13. The van der Waals surface area contributed by atoms with Crippen LogP contribution in [0.4, 0.5) is 11.9 Å². The molecule has 1 atom stereocenters. The number of benzene rings is 2. The van der Waals surface area contributed by atoms with Crippen molar-refractivity contribution in [3.05, 3.63) is 76.5 Å². The van der Waals surface area contributed by atoms with E-state index in [1.807, 2.05) is 32.1 Å². The summed E-state index contributed by atoms with van der Waals surface area (Å²) < 4.78 is 29.4. The molecule has 4 rings (SSSR count). The summed E-state index contributed by atoms with van der Waals surface area (Å²) in [6.45, 7) is 3.81. The van der Waals surface area contributed by atoms with Crippen LogP contribution in [0.3, 0.4) is 0 Å². The van der Waals surface area contributed by atoms with E-state index in [0.29, 0.717) is 11.0 Å². The second-order valence-electron chi connectivity index (χ2n) is 6.59. The summed E-state index contributed by atoms with van der Waals surface area (Å²) in [6.07, 6.45) is 1.99. The Kier molecular flexibility index (Phi) is 4.60. The molecule has 0 aliphatic carbocycles. The van der Waals surface area contributed by atoms with Gasteiger partial charge in [0, 0.05) is 10.7 Å². The Hall–Kier alpha value is -2.84. The van der Waals surface area contributed by atoms with Gasteiger partial charge in [-0.2, -0.15) is 4.98 Å². The Morgan fingerprint density at radius 3 is 2.43 bits per heavy atom. The first-order valence-corrected chi connectivity index (χ1v) is 10.4. The fourth-order valence-corrected chi connectivity index (χ4v) is 4.03. The molecule has 0 fully saturated rings. The molecule has 3 aromatic rings. The van der Waals surface area contributed by atoms with Gasteiger partial charge in [0.05, 0.1) is 4.90 Å². The van der Waals surface area contributed by atoms with Gasteiger partial charge in [0.1, 0.15) is 6.04 Å². The first-order chi connectivity index (χ1) is 13.3. The maximum atomic E-state index is 12.6. The van der Waals surface area contributed by atoms with Crippen molar-refractivity contribution >= 4 is 33.5 Å². The van der Waals surface area contributed by atoms with Gasteiger partial charge in [-0.05, 0) is 49.8 Å². The van der Waals surface area contributed by atoms with Gasteiger partial charge in [-0.25, -0.2) is 17.8 Å². The fraction of sp³-hybridized carbons (Fsp3) is 0.158. The van der Waals surface area contributed by atoms with Crippen molar-refractivity contribution in [2.24, 2.45) is 0 Å². The molecule has 1 aliphatic rings. The molecule has 28 heavy (non-hydrogen) atoms. The molecule has 0 radical (unpaired) electrons. The van der Waals surface area contributed by atoms with Crippen LogP contribution in [-0.2, 0) is 10.0 Å². The van der Waals surface area contributed by atoms with Crippen LogP contribution in [0.1, 0.15) is 24.1 Å². The van der Waals surface area contributed by atoms with Gasteiger partial charge in [-0.15, -0.1) is 5.10 Å². The molecule has 1 aliphatic heterocycles. The third kappa shape index (κ3) is 3.61. The highest BCUT2D eigenvalue weighted by molar-refractivity contribution is 7.92. The maximum Gasteiger partial charge on any atom is 0.264 e. The molecule has 0 spiro atoms. The Morgan fingerprint density at radius 2 is 1.75 bits per heavy atom. The van der Waals surface area contributed by atoms with Crippen LogP contribution in [0.2, 0.25) is 5.02 Å². The van der Waals surface area contributed by atoms with Gasteiger partial charge in [-0.1, -0.05) is 41.4 Å². The third-order valence-electron chi connectivity index (χ3n) is 4.38. The van der Waals surface area contributed by atoms with E-state index < -0.39 is 10.0 Å². The zero-order valence-corrected chi connectivity index (χ0v) is 16.8. The SMILES string of the molecule is CC1=C[C@H](c2ccc(Cl)cc2)n2nc(NS(=O)(=O)c3ccc(C)cc3)nc2N1. The molecule has 0 amide bonds. The summed E-state index contributed by atoms with van der Waals surface area (Å²) in [5.41, 5.74) is 2.84. The molecule has 1 aromatic heterocycles. The second-order valence-corrected chi connectivity index (χ2v) is 8.71. The molecule has 2 N–H and O–H groups in total. The number of rotatable bonds is 4. The quantitative estimate of drug-likeness (QED) is 0.673. The second kappa shape index (κ2) is 6.96. The molecule has 9 heteroatoms. The van der Waals surface area contributed by atoms with Crippen molar-refractivity contribution in [1.82, 2.24) is 14.8 Å². The van der Waals surface area contributed by atoms with Crippen molar-refractivity contribution in [3.63, 3.8) is 0 Å². The molecule has 2 heterocycles. The Labute approximate surface area is 168 Å². The van der Waals surface area contributed by atoms with E-state index in [1.165, 1.54) is 0 Å². The molecule has 2 aromatic carbocycles. The summed E-state index contributed by atoms with van der Waals surface area (Å²) in [4.78, 5) is 4.46. The minimum atomic E-state index is -3.78. The first-order valence-electron chi connectivity index (χ1n) is 8.59. The van der Waals surface area contributed by atoms with Crippen LogP contribution in [0.25, 0.3) is 0 Å². The van der Waals surface area contributed by atoms with Crippen molar-refractivity contribution in [2.45, 2.75) is 24.8 Å². The minimum absolute atomic E-state index is 0.00476. The van der Waals surface area contributed by atoms with Crippen LogP contribution in [0, 0.1) is 6.92 Å². The standard InChI is InChI=1S/C19H18ClN5O2S/c1-12-3-9-16(10-4-12)28(26,27)24-18-22-19-21-13(2)11-17(25(19)23-18)14-5-7-15(20)8-6-14/h3-11,17H,1-2H3,(H2,21,22,23,24)/t17-/m1/s1. The number of aryl methyl sites for hydroxylation is 1. The molecular weight excluding hydrogens is 398 g/mol. The molecule has 0 saturated heterocycles. The zero-order chi connectivity index (χ0) is 19.9. The molecule has 144 valence electrons. The predicted molar refractivity (Wildman–Crippen MR) is 109 cm³/mol. The van der Waals surface area contributed by atoms with Crippen LogP contribution >= 0.6 is 11.6 Å². The van der Waals surface area contributed by atoms with Crippen molar-refractivity contribution in [1.29, 1.82) is 0 Å². The van der Waals surface area contributed by atoms with E-state index in [2.05, 4.69) is 20.1 Å².